The summed E-state index contributed by atoms with van der Waals surface area (Å²) in [6.07, 6.45) is 3.85. The van der Waals surface area contributed by atoms with Crippen LogP contribution in [0.15, 0.2) is 36.7 Å². The van der Waals surface area contributed by atoms with Gasteiger partial charge in [-0.2, -0.15) is 10.2 Å². The lowest BCUT2D eigenvalue weighted by molar-refractivity contribution is 0.103. The van der Waals surface area contributed by atoms with E-state index in [2.05, 4.69) is 10.2 Å². The SMILES string of the molecule is O=C(c1ccnnc1)c1cccc2c1OCC2. The number of ketones is 1. The van der Waals surface area contributed by atoms with Crippen LogP contribution in [0.25, 0.3) is 0 Å². The summed E-state index contributed by atoms with van der Waals surface area (Å²) in [7, 11) is 0. The van der Waals surface area contributed by atoms with Crippen LogP contribution in [0.2, 0.25) is 0 Å². The summed E-state index contributed by atoms with van der Waals surface area (Å²) in [5, 5.41) is 7.37. The molecule has 84 valence electrons. The van der Waals surface area contributed by atoms with Crippen LogP contribution in [0.1, 0.15) is 21.5 Å². The Morgan fingerprint density at radius 2 is 2.18 bits per heavy atom. The Bertz CT molecular complexity index is 567. The van der Waals surface area contributed by atoms with Gasteiger partial charge in [-0.25, -0.2) is 0 Å². The maximum absolute atomic E-state index is 12.3. The molecule has 0 bridgehead atoms. The third kappa shape index (κ3) is 1.67. The summed E-state index contributed by atoms with van der Waals surface area (Å²) < 4.78 is 5.52. The van der Waals surface area contributed by atoms with Crippen molar-refractivity contribution in [2.24, 2.45) is 0 Å². The summed E-state index contributed by atoms with van der Waals surface area (Å²) in [5.74, 6) is 0.646. The first-order valence-electron chi connectivity index (χ1n) is 5.42. The second kappa shape index (κ2) is 3.97. The van der Waals surface area contributed by atoms with Gasteiger partial charge < -0.3 is 4.74 Å². The highest BCUT2D eigenvalue weighted by atomic mass is 16.5. The fourth-order valence-electron chi connectivity index (χ4n) is 1.97. The Hall–Kier alpha value is -2.23. The van der Waals surface area contributed by atoms with E-state index in [9.17, 15) is 4.79 Å². The minimum Gasteiger partial charge on any atom is -0.492 e. The number of aromatic nitrogens is 2. The molecule has 2 heterocycles. The number of rotatable bonds is 2. The monoisotopic (exact) mass is 226 g/mol. The fourth-order valence-corrected chi connectivity index (χ4v) is 1.97. The minimum atomic E-state index is -0.0707. The zero-order valence-corrected chi connectivity index (χ0v) is 9.09. The van der Waals surface area contributed by atoms with Crippen LogP contribution < -0.4 is 4.74 Å². The highest BCUT2D eigenvalue weighted by Crippen LogP contribution is 2.30. The average Bonchev–Trinajstić information content (AvgIpc) is 2.87. The molecule has 0 aliphatic carbocycles. The zero-order chi connectivity index (χ0) is 11.7. The average molecular weight is 226 g/mol. The summed E-state index contributed by atoms with van der Waals surface area (Å²) in [5.41, 5.74) is 2.23. The molecule has 17 heavy (non-hydrogen) atoms. The third-order valence-corrected chi connectivity index (χ3v) is 2.81. The van der Waals surface area contributed by atoms with Crippen LogP contribution in [-0.4, -0.2) is 22.6 Å². The van der Waals surface area contributed by atoms with Crippen molar-refractivity contribution in [3.05, 3.63) is 53.3 Å². The molecule has 2 aromatic rings. The highest BCUT2D eigenvalue weighted by Gasteiger charge is 2.21. The molecular weight excluding hydrogens is 216 g/mol. The second-order valence-corrected chi connectivity index (χ2v) is 3.85. The Kier molecular flexibility index (Phi) is 2.33. The van der Waals surface area contributed by atoms with Crippen molar-refractivity contribution in [2.75, 3.05) is 6.61 Å². The van der Waals surface area contributed by atoms with E-state index in [-0.39, 0.29) is 5.78 Å². The lowest BCUT2D eigenvalue weighted by Crippen LogP contribution is -2.04. The van der Waals surface area contributed by atoms with E-state index in [0.29, 0.717) is 23.5 Å². The Morgan fingerprint density at radius 1 is 1.24 bits per heavy atom. The normalized spacial score (nSPS) is 12.9. The van der Waals surface area contributed by atoms with Crippen molar-refractivity contribution in [3.63, 3.8) is 0 Å². The Balaban J connectivity index is 2.06. The molecule has 0 amide bonds. The molecule has 1 aromatic carbocycles. The largest absolute Gasteiger partial charge is 0.492 e. The van der Waals surface area contributed by atoms with Crippen molar-refractivity contribution in [1.82, 2.24) is 10.2 Å². The molecule has 0 saturated carbocycles. The van der Waals surface area contributed by atoms with Crippen molar-refractivity contribution in [1.29, 1.82) is 0 Å². The molecule has 4 nitrogen and oxygen atoms in total. The Labute approximate surface area is 98.3 Å². The number of fused-ring (bicyclic) bond motifs is 1. The topological polar surface area (TPSA) is 52.1 Å². The van der Waals surface area contributed by atoms with Gasteiger partial charge in [-0.1, -0.05) is 12.1 Å². The molecule has 4 heteroatoms. The van der Waals surface area contributed by atoms with E-state index >= 15 is 0 Å². The van der Waals surface area contributed by atoms with E-state index in [0.717, 1.165) is 12.0 Å². The maximum atomic E-state index is 12.3. The van der Waals surface area contributed by atoms with Crippen molar-refractivity contribution < 1.29 is 9.53 Å². The van der Waals surface area contributed by atoms with Crippen molar-refractivity contribution >= 4 is 5.78 Å². The smallest absolute Gasteiger partial charge is 0.198 e. The lowest BCUT2D eigenvalue weighted by atomic mass is 10.0. The fraction of sp³-hybridized carbons (Fsp3) is 0.154. The van der Waals surface area contributed by atoms with Gasteiger partial charge >= 0.3 is 0 Å². The van der Waals surface area contributed by atoms with Crippen LogP contribution in [0.5, 0.6) is 5.75 Å². The summed E-state index contributed by atoms with van der Waals surface area (Å²) in [6.45, 7) is 0.647. The molecule has 1 aliphatic heterocycles. The zero-order valence-electron chi connectivity index (χ0n) is 9.09. The van der Waals surface area contributed by atoms with Crippen LogP contribution in [-0.2, 0) is 6.42 Å². The van der Waals surface area contributed by atoms with Gasteiger partial charge in [0.25, 0.3) is 0 Å². The quantitative estimate of drug-likeness (QED) is 0.730. The maximum Gasteiger partial charge on any atom is 0.198 e. The standard InChI is InChI=1S/C13H10N2O2/c16-12(10-4-6-14-15-8-10)11-3-1-2-9-5-7-17-13(9)11/h1-4,6,8H,5,7H2. The van der Waals surface area contributed by atoms with Crippen LogP contribution in [0.3, 0.4) is 0 Å². The van der Waals surface area contributed by atoms with Crippen molar-refractivity contribution in [3.8, 4) is 5.75 Å². The molecular formula is C13H10N2O2. The molecule has 0 unspecified atom stereocenters. The van der Waals surface area contributed by atoms with Crippen LogP contribution in [0.4, 0.5) is 0 Å². The predicted octanol–water partition coefficient (Wildman–Crippen LogP) is 1.64. The highest BCUT2D eigenvalue weighted by molar-refractivity contribution is 6.10. The number of benzene rings is 1. The van der Waals surface area contributed by atoms with Crippen LogP contribution in [0, 0.1) is 0 Å². The van der Waals surface area contributed by atoms with E-state index < -0.39 is 0 Å². The number of carbonyl (C=O) groups excluding carboxylic acids is 1. The summed E-state index contributed by atoms with van der Waals surface area (Å²) >= 11 is 0. The molecule has 1 aliphatic rings. The van der Waals surface area contributed by atoms with Gasteiger partial charge in [-0.05, 0) is 17.7 Å². The minimum absolute atomic E-state index is 0.0707. The lowest BCUT2D eigenvalue weighted by Gasteiger charge is -2.06. The number of hydrogen-bond acceptors (Lipinski definition) is 4. The Morgan fingerprint density at radius 3 is 3.00 bits per heavy atom. The first-order chi connectivity index (χ1) is 8.36. The summed E-state index contributed by atoms with van der Waals surface area (Å²) in [4.78, 5) is 12.3. The van der Waals surface area contributed by atoms with Gasteiger partial charge in [0.2, 0.25) is 0 Å². The first-order valence-corrected chi connectivity index (χ1v) is 5.42. The molecule has 0 N–H and O–H groups in total. The first kappa shape index (κ1) is 9.96. The summed E-state index contributed by atoms with van der Waals surface area (Å²) in [6, 6.07) is 7.32. The molecule has 0 saturated heterocycles. The molecule has 0 atom stereocenters. The van der Waals surface area contributed by atoms with Gasteiger partial charge in [-0.3, -0.25) is 4.79 Å². The number of carbonyl (C=O) groups is 1. The van der Waals surface area contributed by atoms with Crippen molar-refractivity contribution in [2.45, 2.75) is 6.42 Å². The van der Waals surface area contributed by atoms with Gasteiger partial charge in [0.1, 0.15) is 5.75 Å². The second-order valence-electron chi connectivity index (χ2n) is 3.85. The molecule has 0 radical (unpaired) electrons. The number of hydrogen-bond donors (Lipinski definition) is 0. The number of para-hydroxylation sites is 1. The van der Waals surface area contributed by atoms with Crippen LogP contribution >= 0.6 is 0 Å². The number of ether oxygens (including phenoxy) is 1. The predicted molar refractivity (Wildman–Crippen MR) is 61.1 cm³/mol. The van der Waals surface area contributed by atoms with Gasteiger partial charge in [0, 0.05) is 12.0 Å². The van der Waals surface area contributed by atoms with E-state index in [1.165, 1.54) is 12.4 Å². The number of nitrogens with zero attached hydrogens (tertiary/aromatic N) is 2. The van der Waals surface area contributed by atoms with Gasteiger partial charge in [0.05, 0.1) is 24.6 Å². The molecule has 1 aromatic heterocycles. The van der Waals surface area contributed by atoms with E-state index in [1.807, 2.05) is 12.1 Å². The molecule has 3 rings (SSSR count). The van der Waals surface area contributed by atoms with Gasteiger partial charge in [-0.15, -0.1) is 0 Å². The molecule has 0 spiro atoms. The van der Waals surface area contributed by atoms with E-state index in [1.54, 1.807) is 12.1 Å². The van der Waals surface area contributed by atoms with Gasteiger partial charge in [0.15, 0.2) is 5.78 Å². The molecule has 0 fully saturated rings. The van der Waals surface area contributed by atoms with E-state index in [4.69, 9.17) is 4.74 Å². The third-order valence-electron chi connectivity index (χ3n) is 2.81.